The van der Waals surface area contributed by atoms with Gasteiger partial charge in [-0.2, -0.15) is 9.67 Å². The van der Waals surface area contributed by atoms with E-state index in [2.05, 4.69) is 30.7 Å². The van der Waals surface area contributed by atoms with E-state index in [4.69, 9.17) is 5.73 Å². The molecule has 0 spiro atoms. The average Bonchev–Trinajstić information content (AvgIpc) is 3.13. The van der Waals surface area contributed by atoms with Crippen molar-refractivity contribution in [3.63, 3.8) is 0 Å². The van der Waals surface area contributed by atoms with Crippen LogP contribution in [0, 0.1) is 0 Å². The van der Waals surface area contributed by atoms with Crippen LogP contribution in [-0.2, 0) is 0 Å². The van der Waals surface area contributed by atoms with Crippen LogP contribution in [0.3, 0.4) is 0 Å². The Labute approximate surface area is 167 Å². The van der Waals surface area contributed by atoms with E-state index in [1.54, 1.807) is 6.07 Å². The van der Waals surface area contributed by atoms with Gasteiger partial charge < -0.3 is 21.5 Å². The van der Waals surface area contributed by atoms with Crippen molar-refractivity contribution in [2.75, 3.05) is 23.0 Å². The van der Waals surface area contributed by atoms with E-state index < -0.39 is 0 Å². The summed E-state index contributed by atoms with van der Waals surface area (Å²) in [6, 6.07) is 20.6. The Kier molecular flexibility index (Phi) is 5.30. The van der Waals surface area contributed by atoms with Gasteiger partial charge in [0.25, 0.3) is 0 Å². The van der Waals surface area contributed by atoms with E-state index in [0.29, 0.717) is 17.6 Å². The summed E-state index contributed by atoms with van der Waals surface area (Å²) in [6.07, 6.45) is 1.41. The molecular weight excluding hydrogens is 368 g/mol. The number of hydrogen-bond donors (Lipinski definition) is 4. The molecule has 9 heteroatoms. The van der Waals surface area contributed by atoms with Gasteiger partial charge in [0.05, 0.1) is 12.6 Å². The standard InChI is InChI=1S/C20H20N8O/c21-19-26-20(24-15-9-5-2-6-10-15)27-28(19)18-11-17(22-13-23-18)25-16(12-29)14-7-3-1-4-8-14/h1-11,13,16,29H,12H2,(H,22,23,25)(H3,21,24,26,27). The minimum atomic E-state index is -0.303. The van der Waals surface area contributed by atoms with Gasteiger partial charge in [-0.15, -0.1) is 5.10 Å². The highest BCUT2D eigenvalue weighted by Gasteiger charge is 2.14. The lowest BCUT2D eigenvalue weighted by Gasteiger charge is -2.17. The van der Waals surface area contributed by atoms with Gasteiger partial charge in [-0.3, -0.25) is 0 Å². The molecule has 9 nitrogen and oxygen atoms in total. The molecule has 0 saturated carbocycles. The monoisotopic (exact) mass is 388 g/mol. The SMILES string of the molecule is Nc1nc(Nc2ccccc2)nn1-c1cc(NC(CO)c2ccccc2)ncn1. The van der Waals surface area contributed by atoms with Crippen LogP contribution in [0.1, 0.15) is 11.6 Å². The third-order valence-electron chi connectivity index (χ3n) is 4.24. The number of anilines is 4. The number of aromatic nitrogens is 5. The van der Waals surface area contributed by atoms with Gasteiger partial charge in [-0.25, -0.2) is 9.97 Å². The first kappa shape index (κ1) is 18.4. The molecule has 0 saturated heterocycles. The molecule has 2 aromatic heterocycles. The first-order chi connectivity index (χ1) is 14.2. The third kappa shape index (κ3) is 4.30. The zero-order valence-electron chi connectivity index (χ0n) is 15.5. The Morgan fingerprint density at radius 3 is 2.45 bits per heavy atom. The Hall–Kier alpha value is -3.98. The van der Waals surface area contributed by atoms with Gasteiger partial charge in [0.2, 0.25) is 11.9 Å². The Morgan fingerprint density at radius 1 is 1.00 bits per heavy atom. The van der Waals surface area contributed by atoms with E-state index in [0.717, 1.165) is 11.3 Å². The van der Waals surface area contributed by atoms with Gasteiger partial charge in [-0.05, 0) is 17.7 Å². The number of nitrogens with one attached hydrogen (secondary N) is 2. The van der Waals surface area contributed by atoms with Crippen LogP contribution in [0.25, 0.3) is 5.82 Å². The van der Waals surface area contributed by atoms with Crippen molar-refractivity contribution in [2.45, 2.75) is 6.04 Å². The van der Waals surface area contributed by atoms with Crippen LogP contribution in [0.4, 0.5) is 23.4 Å². The maximum atomic E-state index is 9.75. The molecule has 0 fully saturated rings. The number of nitrogen functional groups attached to an aromatic ring is 1. The van der Waals surface area contributed by atoms with Gasteiger partial charge in [0.1, 0.15) is 12.1 Å². The van der Waals surface area contributed by atoms with Gasteiger partial charge >= 0.3 is 0 Å². The Balaban J connectivity index is 1.56. The maximum absolute atomic E-state index is 9.75. The lowest BCUT2D eigenvalue weighted by Crippen LogP contribution is -2.16. The molecule has 4 rings (SSSR count). The lowest BCUT2D eigenvalue weighted by molar-refractivity contribution is 0.276. The predicted molar refractivity (Wildman–Crippen MR) is 111 cm³/mol. The molecule has 0 radical (unpaired) electrons. The van der Waals surface area contributed by atoms with Gasteiger partial charge in [-0.1, -0.05) is 48.5 Å². The summed E-state index contributed by atoms with van der Waals surface area (Å²) in [7, 11) is 0. The number of rotatable bonds is 7. The molecule has 1 atom stereocenters. The van der Waals surface area contributed by atoms with Gasteiger partial charge in [0.15, 0.2) is 5.82 Å². The van der Waals surface area contributed by atoms with Crippen LogP contribution in [-0.4, -0.2) is 36.4 Å². The average molecular weight is 388 g/mol. The highest BCUT2D eigenvalue weighted by molar-refractivity contribution is 5.54. The van der Waals surface area contributed by atoms with Crippen LogP contribution >= 0.6 is 0 Å². The summed E-state index contributed by atoms with van der Waals surface area (Å²) in [5.41, 5.74) is 7.82. The molecule has 0 aliphatic rings. The molecule has 0 aliphatic carbocycles. The number of aliphatic hydroxyl groups is 1. The largest absolute Gasteiger partial charge is 0.394 e. The number of benzene rings is 2. The molecule has 0 amide bonds. The second kappa shape index (κ2) is 8.36. The first-order valence-corrected chi connectivity index (χ1v) is 9.02. The van der Waals surface area contributed by atoms with Crippen molar-refractivity contribution < 1.29 is 5.11 Å². The highest BCUT2D eigenvalue weighted by Crippen LogP contribution is 2.20. The molecule has 1 unspecified atom stereocenters. The molecule has 29 heavy (non-hydrogen) atoms. The van der Waals surface area contributed by atoms with E-state index in [1.165, 1.54) is 11.0 Å². The molecule has 4 aromatic rings. The highest BCUT2D eigenvalue weighted by atomic mass is 16.3. The molecular formula is C20H20N8O. The molecule has 5 N–H and O–H groups in total. The fourth-order valence-corrected chi connectivity index (χ4v) is 2.84. The summed E-state index contributed by atoms with van der Waals surface area (Å²) in [5.74, 6) is 1.54. The minimum Gasteiger partial charge on any atom is -0.394 e. The predicted octanol–water partition coefficient (Wildman–Crippen LogP) is 2.53. The number of para-hydroxylation sites is 1. The third-order valence-corrected chi connectivity index (χ3v) is 4.24. The summed E-state index contributed by atoms with van der Waals surface area (Å²) in [4.78, 5) is 12.7. The Bertz CT molecular complexity index is 1070. The van der Waals surface area contributed by atoms with Crippen LogP contribution in [0.5, 0.6) is 0 Å². The summed E-state index contributed by atoms with van der Waals surface area (Å²) >= 11 is 0. The fraction of sp³-hybridized carbons (Fsp3) is 0.100. The lowest BCUT2D eigenvalue weighted by atomic mass is 10.1. The van der Waals surface area contributed by atoms with Gasteiger partial charge in [0, 0.05) is 11.8 Å². The molecule has 2 aromatic carbocycles. The normalized spacial score (nSPS) is 11.8. The number of aliphatic hydroxyl groups excluding tert-OH is 1. The smallest absolute Gasteiger partial charge is 0.248 e. The quantitative estimate of drug-likeness (QED) is 0.380. The molecule has 146 valence electrons. The maximum Gasteiger partial charge on any atom is 0.248 e. The van der Waals surface area contributed by atoms with Crippen LogP contribution < -0.4 is 16.4 Å². The summed E-state index contributed by atoms with van der Waals surface area (Å²) in [5, 5.41) is 20.4. The second-order valence-electron chi connectivity index (χ2n) is 6.25. The van der Waals surface area contributed by atoms with Crippen molar-refractivity contribution in [1.82, 2.24) is 24.7 Å². The number of nitrogens with zero attached hydrogens (tertiary/aromatic N) is 5. The minimum absolute atomic E-state index is 0.0834. The molecule has 2 heterocycles. The van der Waals surface area contributed by atoms with Crippen molar-refractivity contribution in [3.05, 3.63) is 78.6 Å². The van der Waals surface area contributed by atoms with E-state index in [9.17, 15) is 5.11 Å². The topological polar surface area (TPSA) is 127 Å². The zero-order chi connectivity index (χ0) is 20.1. The Morgan fingerprint density at radius 2 is 1.72 bits per heavy atom. The fourth-order valence-electron chi connectivity index (χ4n) is 2.84. The van der Waals surface area contributed by atoms with Crippen LogP contribution in [0.2, 0.25) is 0 Å². The first-order valence-electron chi connectivity index (χ1n) is 9.02. The summed E-state index contributed by atoms with van der Waals surface area (Å²) in [6.45, 7) is -0.0834. The van der Waals surface area contributed by atoms with Crippen molar-refractivity contribution in [3.8, 4) is 5.82 Å². The number of hydrogen-bond acceptors (Lipinski definition) is 8. The second-order valence-corrected chi connectivity index (χ2v) is 6.25. The van der Waals surface area contributed by atoms with Crippen molar-refractivity contribution in [1.29, 1.82) is 0 Å². The van der Waals surface area contributed by atoms with E-state index in [1.807, 2.05) is 60.7 Å². The van der Waals surface area contributed by atoms with Crippen LogP contribution in [0.15, 0.2) is 73.1 Å². The van der Waals surface area contributed by atoms with Crippen molar-refractivity contribution in [2.24, 2.45) is 0 Å². The number of nitrogens with two attached hydrogens (primary N) is 1. The summed E-state index contributed by atoms with van der Waals surface area (Å²) < 4.78 is 1.43. The molecule has 0 aliphatic heterocycles. The van der Waals surface area contributed by atoms with Crippen molar-refractivity contribution >= 4 is 23.4 Å². The van der Waals surface area contributed by atoms with E-state index >= 15 is 0 Å². The zero-order valence-corrected chi connectivity index (χ0v) is 15.5. The van der Waals surface area contributed by atoms with E-state index in [-0.39, 0.29) is 18.6 Å². The molecule has 0 bridgehead atoms.